The molecular weight excluding hydrogens is 154 g/mol. The summed E-state index contributed by atoms with van der Waals surface area (Å²) in [6.07, 6.45) is 1.63. The summed E-state index contributed by atoms with van der Waals surface area (Å²) in [6.45, 7) is 2.75. The Labute approximate surface area is 70.8 Å². The molecule has 0 spiro atoms. The summed E-state index contributed by atoms with van der Waals surface area (Å²) in [5.41, 5.74) is 12.0. The molecule has 4 N–H and O–H groups in total. The molecule has 0 fully saturated rings. The first-order chi connectivity index (χ1) is 5.69. The van der Waals surface area contributed by atoms with Gasteiger partial charge in [-0.1, -0.05) is 0 Å². The van der Waals surface area contributed by atoms with Crippen LogP contribution in [0.15, 0.2) is 17.1 Å². The third kappa shape index (κ3) is 1.48. The Bertz CT molecular complexity index is 301. The predicted molar refractivity (Wildman–Crippen MR) is 48.7 cm³/mol. The maximum absolute atomic E-state index is 11.4. The van der Waals surface area contributed by atoms with Crippen LogP contribution in [0.1, 0.15) is 12.5 Å². The van der Waals surface area contributed by atoms with Gasteiger partial charge in [-0.2, -0.15) is 0 Å². The van der Waals surface area contributed by atoms with Gasteiger partial charge in [0, 0.05) is 30.5 Å². The van der Waals surface area contributed by atoms with E-state index in [1.807, 2.05) is 6.92 Å². The highest BCUT2D eigenvalue weighted by Gasteiger charge is 2.01. The number of nitrogens with two attached hydrogens (primary N) is 2. The molecule has 0 unspecified atom stereocenters. The molecular formula is C8H13N3O. The molecule has 0 radical (unpaired) electrons. The molecule has 0 atom stereocenters. The Morgan fingerprint density at radius 2 is 2.25 bits per heavy atom. The van der Waals surface area contributed by atoms with Crippen molar-refractivity contribution in [3.8, 4) is 0 Å². The average Bonchev–Trinajstić information content (AvgIpc) is 2.08. The largest absolute Gasteiger partial charge is 0.398 e. The first-order valence-corrected chi connectivity index (χ1v) is 3.88. The first kappa shape index (κ1) is 8.80. The molecule has 4 heteroatoms. The van der Waals surface area contributed by atoms with Crippen molar-refractivity contribution >= 4 is 5.69 Å². The van der Waals surface area contributed by atoms with Gasteiger partial charge >= 0.3 is 0 Å². The van der Waals surface area contributed by atoms with E-state index in [2.05, 4.69) is 0 Å². The monoisotopic (exact) mass is 167 g/mol. The van der Waals surface area contributed by atoms with Crippen LogP contribution in [-0.2, 0) is 13.1 Å². The summed E-state index contributed by atoms with van der Waals surface area (Å²) in [6, 6.07) is 1.62. The minimum Gasteiger partial charge on any atom is -0.398 e. The molecule has 1 heterocycles. The molecule has 66 valence electrons. The van der Waals surface area contributed by atoms with Crippen LogP contribution in [0, 0.1) is 0 Å². The summed E-state index contributed by atoms with van der Waals surface area (Å²) in [4.78, 5) is 11.4. The van der Waals surface area contributed by atoms with E-state index in [4.69, 9.17) is 11.5 Å². The fourth-order valence-corrected chi connectivity index (χ4v) is 1.10. The normalized spacial score (nSPS) is 10.2. The Kier molecular flexibility index (Phi) is 2.50. The van der Waals surface area contributed by atoms with E-state index >= 15 is 0 Å². The number of nitrogen functional groups attached to an aromatic ring is 1. The molecule has 0 saturated heterocycles. The van der Waals surface area contributed by atoms with Gasteiger partial charge in [0.1, 0.15) is 0 Å². The number of hydrogen-bond acceptors (Lipinski definition) is 3. The van der Waals surface area contributed by atoms with Gasteiger partial charge in [0.15, 0.2) is 0 Å². The van der Waals surface area contributed by atoms with E-state index in [0.29, 0.717) is 17.8 Å². The quantitative estimate of drug-likeness (QED) is 0.646. The van der Waals surface area contributed by atoms with Crippen LogP contribution in [0.2, 0.25) is 0 Å². The van der Waals surface area contributed by atoms with Crippen molar-refractivity contribution in [2.45, 2.75) is 20.0 Å². The Hall–Kier alpha value is -1.29. The molecule has 0 saturated carbocycles. The lowest BCUT2D eigenvalue weighted by Gasteiger charge is -2.05. The van der Waals surface area contributed by atoms with Gasteiger partial charge in [-0.25, -0.2) is 0 Å². The zero-order valence-corrected chi connectivity index (χ0v) is 7.08. The SMILES string of the molecule is CCn1cc(N)cc(CN)c1=O. The van der Waals surface area contributed by atoms with Crippen molar-refractivity contribution in [1.29, 1.82) is 0 Å². The van der Waals surface area contributed by atoms with E-state index in [1.165, 1.54) is 0 Å². The first-order valence-electron chi connectivity index (χ1n) is 3.88. The Morgan fingerprint density at radius 1 is 1.58 bits per heavy atom. The topological polar surface area (TPSA) is 74.0 Å². The summed E-state index contributed by atoms with van der Waals surface area (Å²) in [5, 5.41) is 0. The summed E-state index contributed by atoms with van der Waals surface area (Å²) >= 11 is 0. The molecule has 0 aliphatic carbocycles. The number of hydrogen-bond donors (Lipinski definition) is 2. The zero-order valence-electron chi connectivity index (χ0n) is 7.08. The van der Waals surface area contributed by atoms with Crippen LogP contribution in [-0.4, -0.2) is 4.57 Å². The van der Waals surface area contributed by atoms with Crippen LogP contribution >= 0.6 is 0 Å². The number of pyridine rings is 1. The highest BCUT2D eigenvalue weighted by molar-refractivity contribution is 5.37. The van der Waals surface area contributed by atoms with Crippen molar-refractivity contribution in [2.24, 2.45) is 5.73 Å². The van der Waals surface area contributed by atoms with Crippen molar-refractivity contribution in [3.63, 3.8) is 0 Å². The molecule has 4 nitrogen and oxygen atoms in total. The Balaban J connectivity index is 3.32. The second kappa shape index (κ2) is 3.40. The number of anilines is 1. The van der Waals surface area contributed by atoms with Crippen molar-refractivity contribution in [1.82, 2.24) is 4.57 Å². The molecule has 0 bridgehead atoms. The van der Waals surface area contributed by atoms with Crippen LogP contribution < -0.4 is 17.0 Å². The molecule has 1 aromatic rings. The Morgan fingerprint density at radius 3 is 2.75 bits per heavy atom. The van der Waals surface area contributed by atoms with Gasteiger partial charge in [0.2, 0.25) is 0 Å². The number of aromatic nitrogens is 1. The van der Waals surface area contributed by atoms with E-state index in [1.54, 1.807) is 16.8 Å². The van der Waals surface area contributed by atoms with E-state index in [-0.39, 0.29) is 12.1 Å². The van der Waals surface area contributed by atoms with Gasteiger partial charge in [0.05, 0.1) is 0 Å². The third-order valence-electron chi connectivity index (χ3n) is 1.74. The standard InChI is InChI=1S/C8H13N3O/c1-2-11-5-7(10)3-6(4-9)8(11)12/h3,5H,2,4,9-10H2,1H3. The third-order valence-corrected chi connectivity index (χ3v) is 1.74. The summed E-state index contributed by atoms with van der Waals surface area (Å²) in [7, 11) is 0. The van der Waals surface area contributed by atoms with Gasteiger partial charge < -0.3 is 16.0 Å². The fourth-order valence-electron chi connectivity index (χ4n) is 1.10. The van der Waals surface area contributed by atoms with E-state index in [9.17, 15) is 4.79 Å². The van der Waals surface area contributed by atoms with Gasteiger partial charge in [-0.15, -0.1) is 0 Å². The smallest absolute Gasteiger partial charge is 0.255 e. The predicted octanol–water partition coefficient (Wildman–Crippen LogP) is -0.0909. The molecule has 0 aliphatic rings. The van der Waals surface area contributed by atoms with Gasteiger partial charge in [0.25, 0.3) is 5.56 Å². The lowest BCUT2D eigenvalue weighted by molar-refractivity contribution is 0.716. The number of rotatable bonds is 2. The minimum atomic E-state index is -0.0470. The lowest BCUT2D eigenvalue weighted by atomic mass is 10.2. The van der Waals surface area contributed by atoms with Gasteiger partial charge in [-0.3, -0.25) is 4.79 Å². The van der Waals surface area contributed by atoms with Crippen LogP contribution in [0.4, 0.5) is 5.69 Å². The van der Waals surface area contributed by atoms with Crippen molar-refractivity contribution in [2.75, 3.05) is 5.73 Å². The molecule has 0 amide bonds. The fraction of sp³-hybridized carbons (Fsp3) is 0.375. The van der Waals surface area contributed by atoms with Crippen LogP contribution in [0.5, 0.6) is 0 Å². The van der Waals surface area contributed by atoms with E-state index < -0.39 is 0 Å². The summed E-state index contributed by atoms with van der Waals surface area (Å²) in [5.74, 6) is 0. The van der Waals surface area contributed by atoms with Gasteiger partial charge in [-0.05, 0) is 13.0 Å². The number of nitrogens with zero attached hydrogens (tertiary/aromatic N) is 1. The second-order valence-corrected chi connectivity index (χ2v) is 2.59. The molecule has 1 aromatic heterocycles. The lowest BCUT2D eigenvalue weighted by Crippen LogP contribution is -2.24. The molecule has 0 aliphatic heterocycles. The maximum atomic E-state index is 11.4. The molecule has 1 rings (SSSR count). The van der Waals surface area contributed by atoms with E-state index in [0.717, 1.165) is 0 Å². The molecule has 0 aromatic carbocycles. The zero-order chi connectivity index (χ0) is 9.14. The minimum absolute atomic E-state index is 0.0470. The second-order valence-electron chi connectivity index (χ2n) is 2.59. The molecule has 12 heavy (non-hydrogen) atoms. The summed E-state index contributed by atoms with van der Waals surface area (Å²) < 4.78 is 1.55. The van der Waals surface area contributed by atoms with Crippen LogP contribution in [0.25, 0.3) is 0 Å². The average molecular weight is 167 g/mol. The maximum Gasteiger partial charge on any atom is 0.255 e. The van der Waals surface area contributed by atoms with Crippen molar-refractivity contribution in [3.05, 3.63) is 28.2 Å². The highest BCUT2D eigenvalue weighted by atomic mass is 16.1. The highest BCUT2D eigenvalue weighted by Crippen LogP contribution is 2.00. The van der Waals surface area contributed by atoms with Crippen molar-refractivity contribution < 1.29 is 0 Å². The van der Waals surface area contributed by atoms with Crippen LogP contribution in [0.3, 0.4) is 0 Å². The number of aryl methyl sites for hydroxylation is 1.